The van der Waals surface area contributed by atoms with E-state index in [1.165, 1.54) is 15.5 Å². The highest BCUT2D eigenvalue weighted by Crippen LogP contribution is 2.24. The molecule has 0 aliphatic carbocycles. The van der Waals surface area contributed by atoms with Crippen LogP contribution >= 0.6 is 0 Å². The molecule has 1 amide bonds. The molecule has 0 bridgehead atoms. The molecule has 3 heterocycles. The number of para-hydroxylation sites is 1. The van der Waals surface area contributed by atoms with E-state index in [2.05, 4.69) is 20.6 Å². The molecule has 2 aromatic heterocycles. The van der Waals surface area contributed by atoms with E-state index < -0.39 is 5.91 Å². The summed E-state index contributed by atoms with van der Waals surface area (Å²) in [7, 11) is 0. The molecule has 192 valence electrons. The summed E-state index contributed by atoms with van der Waals surface area (Å²) in [4.78, 5) is 34.4. The van der Waals surface area contributed by atoms with Gasteiger partial charge in [0, 0.05) is 19.1 Å². The van der Waals surface area contributed by atoms with Crippen molar-refractivity contribution < 1.29 is 9.53 Å². The minimum atomic E-state index is -0.485. The molecule has 2 aromatic carbocycles. The third kappa shape index (κ3) is 5.11. The minimum absolute atomic E-state index is 0.0140. The van der Waals surface area contributed by atoms with Gasteiger partial charge in [0.05, 0.1) is 5.69 Å². The number of hydrogen-bond acceptors (Lipinski definition) is 8. The van der Waals surface area contributed by atoms with Crippen LogP contribution in [0.2, 0.25) is 0 Å². The summed E-state index contributed by atoms with van der Waals surface area (Å²) >= 11 is 0. The number of carbonyl (C=O) groups excluding carboxylic acids is 1. The molecule has 5 rings (SSSR count). The number of nitrogens with two attached hydrogens (primary N) is 1. The van der Waals surface area contributed by atoms with Crippen LogP contribution in [0.5, 0.6) is 11.5 Å². The van der Waals surface area contributed by atoms with E-state index in [0.29, 0.717) is 28.4 Å². The second-order valence-corrected chi connectivity index (χ2v) is 8.76. The number of nitrogens with zero attached hydrogens (tertiary/aromatic N) is 5. The molecule has 11 heteroatoms. The first-order valence-corrected chi connectivity index (χ1v) is 12.2. The quantitative estimate of drug-likeness (QED) is 0.241. The van der Waals surface area contributed by atoms with E-state index in [-0.39, 0.29) is 36.2 Å². The fraction of sp³-hybridized carbons (Fsp3) is 0.222. The summed E-state index contributed by atoms with van der Waals surface area (Å²) in [5.74, 6) is 0.972. The van der Waals surface area contributed by atoms with Crippen LogP contribution in [-0.4, -0.2) is 44.1 Å². The van der Waals surface area contributed by atoms with E-state index >= 15 is 0 Å². The van der Waals surface area contributed by atoms with E-state index in [9.17, 15) is 14.9 Å². The van der Waals surface area contributed by atoms with E-state index in [0.717, 1.165) is 19.4 Å². The Balaban J connectivity index is 1.37. The number of benzene rings is 2. The second kappa shape index (κ2) is 11.0. The highest BCUT2D eigenvalue weighted by atomic mass is 16.5. The third-order valence-corrected chi connectivity index (χ3v) is 6.26. The minimum Gasteiger partial charge on any atom is -0.457 e. The maximum atomic E-state index is 13.5. The van der Waals surface area contributed by atoms with Gasteiger partial charge in [-0.05, 0) is 61.9 Å². The van der Waals surface area contributed by atoms with Crippen LogP contribution < -0.4 is 26.8 Å². The van der Waals surface area contributed by atoms with Gasteiger partial charge in [-0.15, -0.1) is 0 Å². The Morgan fingerprint density at radius 2 is 1.95 bits per heavy atom. The molecule has 0 saturated carbocycles. The number of ether oxygens (including phenoxy) is 1. The molecule has 4 aromatic rings. The average Bonchev–Trinajstić information content (AvgIpc) is 3.55. The number of carbonyl (C=O) groups is 1. The molecule has 0 spiro atoms. The monoisotopic (exact) mass is 510 g/mol. The topological polar surface area (TPSA) is 153 Å². The first-order chi connectivity index (χ1) is 18.5. The second-order valence-electron chi connectivity index (χ2n) is 8.76. The Morgan fingerprint density at radius 1 is 1.18 bits per heavy atom. The van der Waals surface area contributed by atoms with Gasteiger partial charge in [0.2, 0.25) is 0 Å². The lowest BCUT2D eigenvalue weighted by Crippen LogP contribution is -2.32. The molecule has 38 heavy (non-hydrogen) atoms. The fourth-order valence-electron chi connectivity index (χ4n) is 4.43. The Labute approximate surface area is 218 Å². The van der Waals surface area contributed by atoms with Crippen molar-refractivity contribution in [2.24, 2.45) is 0 Å². The molecule has 11 nitrogen and oxygen atoms in total. The van der Waals surface area contributed by atoms with Gasteiger partial charge in [0.1, 0.15) is 35.0 Å². The summed E-state index contributed by atoms with van der Waals surface area (Å²) in [6, 6.07) is 18.4. The van der Waals surface area contributed by atoms with Gasteiger partial charge in [-0.25, -0.2) is 14.8 Å². The van der Waals surface area contributed by atoms with Crippen molar-refractivity contribution in [2.45, 2.75) is 25.4 Å². The van der Waals surface area contributed by atoms with Crippen molar-refractivity contribution in [1.29, 1.82) is 5.26 Å². The molecule has 1 fully saturated rings. The fourth-order valence-corrected chi connectivity index (χ4v) is 4.43. The summed E-state index contributed by atoms with van der Waals surface area (Å²) < 4.78 is 8.71. The summed E-state index contributed by atoms with van der Waals surface area (Å²) in [6.45, 7) is 1.10. The van der Waals surface area contributed by atoms with Crippen LogP contribution in [0.15, 0.2) is 77.4 Å². The van der Waals surface area contributed by atoms with Crippen molar-refractivity contribution in [3.8, 4) is 23.3 Å². The lowest BCUT2D eigenvalue weighted by Gasteiger charge is -2.08. The Bertz CT molecular complexity index is 1580. The highest BCUT2D eigenvalue weighted by Gasteiger charge is 2.20. The molecule has 1 saturated heterocycles. The zero-order valence-corrected chi connectivity index (χ0v) is 20.5. The van der Waals surface area contributed by atoms with Gasteiger partial charge in [-0.2, -0.15) is 5.26 Å². The molecule has 1 aliphatic heterocycles. The van der Waals surface area contributed by atoms with Gasteiger partial charge in [0.25, 0.3) is 5.91 Å². The molecular formula is C27H26N8O3. The van der Waals surface area contributed by atoms with E-state index in [1.807, 2.05) is 36.4 Å². The lowest BCUT2D eigenvalue weighted by molar-refractivity contribution is -0.117. The van der Waals surface area contributed by atoms with Gasteiger partial charge in [0.15, 0.2) is 11.5 Å². The lowest BCUT2D eigenvalue weighted by atomic mass is 10.1. The third-order valence-electron chi connectivity index (χ3n) is 6.26. The van der Waals surface area contributed by atoms with E-state index in [4.69, 9.17) is 10.5 Å². The van der Waals surface area contributed by atoms with Crippen LogP contribution in [0.3, 0.4) is 0 Å². The number of hydrogen-bond donors (Lipinski definition) is 3. The number of imidazole rings is 1. The summed E-state index contributed by atoms with van der Waals surface area (Å²) in [6.07, 6.45) is 4.83. The largest absolute Gasteiger partial charge is 0.457 e. The number of aromatic nitrogens is 4. The number of amides is 1. The molecule has 1 unspecified atom stereocenters. The number of anilines is 1. The summed E-state index contributed by atoms with van der Waals surface area (Å²) in [5, 5.41) is 15.4. The zero-order chi connectivity index (χ0) is 26.5. The SMILES string of the molecule is N#CC(=CC1CCCN1)C(=O)NCCn1c(=O)n(-c2ccc(Oc3ccccc3)cc2)c2c(N)ncnc21. The Hall–Kier alpha value is -4.95. The van der Waals surface area contributed by atoms with Crippen molar-refractivity contribution >= 4 is 22.9 Å². The first-order valence-electron chi connectivity index (χ1n) is 12.2. The molecule has 1 atom stereocenters. The molecule has 4 N–H and O–H groups in total. The van der Waals surface area contributed by atoms with Gasteiger partial charge >= 0.3 is 5.69 Å². The van der Waals surface area contributed by atoms with Crippen LogP contribution in [0.1, 0.15) is 12.8 Å². The predicted molar refractivity (Wildman–Crippen MR) is 142 cm³/mol. The van der Waals surface area contributed by atoms with Crippen LogP contribution in [0.4, 0.5) is 5.82 Å². The smallest absolute Gasteiger partial charge is 0.335 e. The van der Waals surface area contributed by atoms with E-state index in [1.54, 1.807) is 30.3 Å². The van der Waals surface area contributed by atoms with Gasteiger partial charge < -0.3 is 21.1 Å². The average molecular weight is 511 g/mol. The number of nitrogens with one attached hydrogen (secondary N) is 2. The number of rotatable bonds is 8. The van der Waals surface area contributed by atoms with Crippen LogP contribution in [-0.2, 0) is 11.3 Å². The molecular weight excluding hydrogens is 484 g/mol. The summed E-state index contributed by atoms with van der Waals surface area (Å²) in [5.41, 5.74) is 7.08. The molecule has 0 radical (unpaired) electrons. The first kappa shape index (κ1) is 24.7. The number of nitriles is 1. The van der Waals surface area contributed by atoms with Crippen molar-refractivity contribution in [3.05, 3.63) is 83.1 Å². The normalized spacial score (nSPS) is 15.3. The highest BCUT2D eigenvalue weighted by molar-refractivity contribution is 5.97. The number of fused-ring (bicyclic) bond motifs is 1. The van der Waals surface area contributed by atoms with Crippen molar-refractivity contribution in [3.63, 3.8) is 0 Å². The van der Waals surface area contributed by atoms with Crippen LogP contribution in [0.25, 0.3) is 16.9 Å². The maximum Gasteiger partial charge on any atom is 0.335 e. The van der Waals surface area contributed by atoms with Crippen molar-refractivity contribution in [1.82, 2.24) is 29.7 Å². The van der Waals surface area contributed by atoms with Crippen LogP contribution in [0, 0.1) is 11.3 Å². The molecule has 1 aliphatic rings. The van der Waals surface area contributed by atoms with Gasteiger partial charge in [-0.3, -0.25) is 13.9 Å². The predicted octanol–water partition coefficient (Wildman–Crippen LogP) is 2.27. The van der Waals surface area contributed by atoms with Crippen molar-refractivity contribution in [2.75, 3.05) is 18.8 Å². The number of nitrogen functional groups attached to an aromatic ring is 1. The standard InChI is InChI=1S/C27H26N8O3/c28-16-18(15-19-5-4-12-30-19)26(36)31-13-14-34-25-23(24(29)32-17-33-25)35(27(34)37)20-8-10-22(11-9-20)38-21-6-2-1-3-7-21/h1-3,6-11,15,17,19,30H,4-5,12-14H2,(H,31,36)(H2,29,32,33). The van der Waals surface area contributed by atoms with Gasteiger partial charge in [-0.1, -0.05) is 18.2 Å². The zero-order valence-electron chi connectivity index (χ0n) is 20.5. The maximum absolute atomic E-state index is 13.5. The Kier molecular flexibility index (Phi) is 7.15. The Morgan fingerprint density at radius 3 is 2.66 bits per heavy atom.